The van der Waals surface area contributed by atoms with E-state index >= 15 is 4.79 Å². The van der Waals surface area contributed by atoms with E-state index in [2.05, 4.69) is 15.7 Å². The number of anilines is 4. The maximum atomic E-state index is 15.4. The van der Waals surface area contributed by atoms with Crippen LogP contribution in [-0.2, 0) is 30.8 Å². The third kappa shape index (κ3) is 6.21. The van der Waals surface area contributed by atoms with Gasteiger partial charge in [0.1, 0.15) is 5.75 Å². The molecule has 2 saturated heterocycles. The van der Waals surface area contributed by atoms with Crippen LogP contribution in [0.15, 0.2) is 121 Å². The van der Waals surface area contributed by atoms with Gasteiger partial charge in [-0.05, 0) is 103 Å². The van der Waals surface area contributed by atoms with Gasteiger partial charge in [0.05, 0.1) is 39.4 Å². The van der Waals surface area contributed by atoms with Crippen molar-refractivity contribution in [3.63, 3.8) is 0 Å². The lowest BCUT2D eigenvalue weighted by Gasteiger charge is -2.50. The van der Waals surface area contributed by atoms with E-state index in [9.17, 15) is 32.7 Å². The number of hydrazine groups is 1. The summed E-state index contributed by atoms with van der Waals surface area (Å²) < 4.78 is 40.6. The van der Waals surface area contributed by atoms with Crippen LogP contribution in [0.1, 0.15) is 41.0 Å². The molecule has 4 amide bonds. The maximum absolute atomic E-state index is 15.4. The number of aromatic nitrogens is 1. The molecule has 5 aromatic rings. The van der Waals surface area contributed by atoms with Crippen molar-refractivity contribution in [3.8, 4) is 5.75 Å². The molecule has 4 aliphatic rings. The Kier molecular flexibility index (Phi) is 9.51. The van der Waals surface area contributed by atoms with Crippen LogP contribution < -0.4 is 15.6 Å². The summed E-state index contributed by atoms with van der Waals surface area (Å²) in [5, 5.41) is 14.6. The number of pyridine rings is 1. The Balaban J connectivity index is 1.15. The molecule has 1 aromatic heterocycles. The van der Waals surface area contributed by atoms with Crippen LogP contribution in [0.2, 0.25) is 10.0 Å². The van der Waals surface area contributed by atoms with E-state index in [1.54, 1.807) is 67.6 Å². The molecule has 3 fully saturated rings. The molecular weight excluding hydrogens is 818 g/mol. The number of phenols is 1. The number of alkyl halides is 3. The fraction of sp³-hybridized carbons (Fsp3) is 0.222. The molecule has 6 unspecified atom stereocenters. The minimum absolute atomic E-state index is 0.00164. The molecule has 4 aromatic carbocycles. The Morgan fingerprint density at radius 1 is 0.833 bits per heavy atom. The van der Waals surface area contributed by atoms with Crippen LogP contribution >= 0.6 is 23.2 Å². The van der Waals surface area contributed by atoms with Gasteiger partial charge < -0.3 is 10.4 Å². The number of fused-ring (bicyclic) bond motifs is 4. The monoisotopic (exact) mass is 851 g/mol. The Bertz CT molecular complexity index is 2630. The molecule has 0 radical (unpaired) electrons. The number of para-hydroxylation sites is 1. The van der Waals surface area contributed by atoms with Crippen molar-refractivity contribution in [1.82, 2.24) is 9.99 Å². The van der Waals surface area contributed by atoms with Crippen molar-refractivity contribution in [3.05, 3.63) is 153 Å². The number of imide groups is 2. The summed E-state index contributed by atoms with van der Waals surface area (Å²) in [7, 11) is 0. The third-order valence-electron chi connectivity index (χ3n) is 12.3. The van der Waals surface area contributed by atoms with Crippen molar-refractivity contribution < 1.29 is 37.5 Å². The number of aromatic hydroxyl groups is 1. The zero-order chi connectivity index (χ0) is 42.2. The van der Waals surface area contributed by atoms with Gasteiger partial charge in [-0.1, -0.05) is 77.3 Å². The summed E-state index contributed by atoms with van der Waals surface area (Å²) in [5.41, 5.74) is 3.94. The van der Waals surface area contributed by atoms with Gasteiger partial charge in [-0.3, -0.25) is 29.5 Å². The standard InChI is InChI=1S/C45H34Cl2F3N5O5/c1-23-19-24(7-18-36(23)56)38-31-16-17-32-37(42(59)54(40(32)57)30-14-12-29(13-15-30)52-28-5-3-2-4-6-28)33(31)21-34-41(58)55(43(60)44(34,38)25-8-10-27(46)11-9-25)53-39-35(47)20-26(22-51-39)45(48,49)50/h2-16,18-20,22,32-34,37-38,52,56H,17,21H2,1H3,(H,51,53). The van der Waals surface area contributed by atoms with Crippen molar-refractivity contribution in [2.75, 3.05) is 15.6 Å². The lowest BCUT2D eigenvalue weighted by molar-refractivity contribution is -0.139. The second kappa shape index (κ2) is 14.5. The number of carbonyl (C=O) groups is 4. The topological polar surface area (TPSA) is 132 Å². The molecule has 3 heterocycles. The Hall–Kier alpha value is -6.18. The quantitative estimate of drug-likeness (QED) is 0.109. The highest BCUT2D eigenvalue weighted by atomic mass is 35.5. The number of benzene rings is 4. The largest absolute Gasteiger partial charge is 0.508 e. The lowest BCUT2D eigenvalue weighted by atomic mass is 9.49. The molecule has 9 rings (SSSR count). The fourth-order valence-corrected chi connectivity index (χ4v) is 9.99. The van der Waals surface area contributed by atoms with E-state index in [4.69, 9.17) is 23.2 Å². The molecular formula is C45H34Cl2F3N5O5. The highest BCUT2D eigenvalue weighted by Gasteiger charge is 2.70. The highest BCUT2D eigenvalue weighted by molar-refractivity contribution is 6.33. The molecule has 1 saturated carbocycles. The van der Waals surface area contributed by atoms with Crippen LogP contribution in [-0.4, -0.2) is 38.7 Å². The zero-order valence-electron chi connectivity index (χ0n) is 31.6. The van der Waals surface area contributed by atoms with Gasteiger partial charge in [0.25, 0.3) is 11.8 Å². The number of amides is 4. The minimum Gasteiger partial charge on any atom is -0.508 e. The number of rotatable bonds is 7. The molecule has 2 aliphatic heterocycles. The Morgan fingerprint density at radius 3 is 2.20 bits per heavy atom. The molecule has 6 atom stereocenters. The summed E-state index contributed by atoms with van der Waals surface area (Å²) in [5.74, 6) is -7.09. The van der Waals surface area contributed by atoms with Gasteiger partial charge in [-0.25, -0.2) is 4.98 Å². The van der Waals surface area contributed by atoms with E-state index in [-0.39, 0.29) is 30.3 Å². The van der Waals surface area contributed by atoms with Gasteiger partial charge in [-0.2, -0.15) is 18.2 Å². The Labute approximate surface area is 351 Å². The predicted molar refractivity (Wildman–Crippen MR) is 218 cm³/mol. The number of carbonyl (C=O) groups excluding carboxylic acids is 4. The van der Waals surface area contributed by atoms with Crippen LogP contribution in [0.3, 0.4) is 0 Å². The summed E-state index contributed by atoms with van der Waals surface area (Å²) in [6, 6.07) is 28.5. The third-order valence-corrected chi connectivity index (χ3v) is 12.8. The first-order valence-corrected chi connectivity index (χ1v) is 19.9. The number of nitrogens with one attached hydrogen (secondary N) is 2. The van der Waals surface area contributed by atoms with Gasteiger partial charge >= 0.3 is 6.18 Å². The number of allylic oxidation sites excluding steroid dienone is 2. The van der Waals surface area contributed by atoms with Crippen molar-refractivity contribution in [2.24, 2.45) is 23.7 Å². The van der Waals surface area contributed by atoms with Gasteiger partial charge in [-0.15, -0.1) is 0 Å². The summed E-state index contributed by atoms with van der Waals surface area (Å²) in [4.78, 5) is 64.3. The molecule has 10 nitrogen and oxygen atoms in total. The fourth-order valence-electron chi connectivity index (χ4n) is 9.65. The molecule has 3 N–H and O–H groups in total. The average Bonchev–Trinajstić information content (AvgIpc) is 3.60. The van der Waals surface area contributed by atoms with E-state index in [1.807, 2.05) is 36.4 Å². The molecule has 60 heavy (non-hydrogen) atoms. The number of hydrogen-bond acceptors (Lipinski definition) is 8. The maximum Gasteiger partial charge on any atom is 0.417 e. The summed E-state index contributed by atoms with van der Waals surface area (Å²) >= 11 is 12.7. The smallest absolute Gasteiger partial charge is 0.417 e. The number of phenolic OH excluding ortho intramolecular Hbond substituents is 1. The van der Waals surface area contributed by atoms with E-state index < -0.39 is 69.5 Å². The van der Waals surface area contributed by atoms with Crippen molar-refractivity contribution >= 4 is 69.7 Å². The molecule has 2 aliphatic carbocycles. The lowest BCUT2D eigenvalue weighted by Crippen LogP contribution is -2.53. The number of halogens is 5. The Morgan fingerprint density at radius 2 is 1.53 bits per heavy atom. The zero-order valence-corrected chi connectivity index (χ0v) is 33.1. The molecule has 0 spiro atoms. The SMILES string of the molecule is Cc1cc(C2C3=CCC4C(=O)N(c5ccc(Nc6ccccc6)cc5)C(=O)C4C3CC3C(=O)N(Nc4ncc(C(F)(F)F)cc4Cl)C(=O)C32c2ccc(Cl)cc2)ccc1O. The first-order chi connectivity index (χ1) is 28.7. The number of nitrogens with zero attached hydrogens (tertiary/aromatic N) is 3. The van der Waals surface area contributed by atoms with Crippen LogP contribution in [0.4, 0.5) is 36.1 Å². The van der Waals surface area contributed by atoms with E-state index in [0.717, 1.165) is 16.4 Å². The highest BCUT2D eigenvalue weighted by Crippen LogP contribution is 2.64. The normalized spacial score (nSPS) is 24.8. The van der Waals surface area contributed by atoms with Gasteiger partial charge in [0, 0.05) is 28.5 Å². The van der Waals surface area contributed by atoms with Crippen LogP contribution in [0.5, 0.6) is 5.75 Å². The molecule has 304 valence electrons. The van der Waals surface area contributed by atoms with Crippen molar-refractivity contribution in [1.29, 1.82) is 0 Å². The predicted octanol–water partition coefficient (Wildman–Crippen LogP) is 9.35. The number of hydrogen-bond donors (Lipinski definition) is 3. The molecule has 0 bridgehead atoms. The van der Waals surface area contributed by atoms with E-state index in [1.165, 1.54) is 11.0 Å². The average molecular weight is 853 g/mol. The van der Waals surface area contributed by atoms with Gasteiger partial charge in [0.2, 0.25) is 11.8 Å². The summed E-state index contributed by atoms with van der Waals surface area (Å²) in [6.45, 7) is 1.70. The first-order valence-electron chi connectivity index (χ1n) is 19.1. The van der Waals surface area contributed by atoms with Gasteiger partial charge in [0.15, 0.2) is 5.82 Å². The van der Waals surface area contributed by atoms with Crippen LogP contribution in [0.25, 0.3) is 0 Å². The number of aryl methyl sites for hydroxylation is 1. The van der Waals surface area contributed by atoms with E-state index in [0.29, 0.717) is 45.2 Å². The first kappa shape index (κ1) is 39.3. The van der Waals surface area contributed by atoms with Crippen LogP contribution in [0, 0.1) is 30.6 Å². The second-order valence-electron chi connectivity index (χ2n) is 15.5. The van der Waals surface area contributed by atoms with Crippen molar-refractivity contribution in [2.45, 2.75) is 37.3 Å². The molecule has 15 heteroatoms. The second-order valence-corrected chi connectivity index (χ2v) is 16.4. The summed E-state index contributed by atoms with van der Waals surface area (Å²) in [6.07, 6.45) is -2.17. The minimum atomic E-state index is -4.75.